The van der Waals surface area contributed by atoms with E-state index in [9.17, 15) is 15.0 Å². The van der Waals surface area contributed by atoms with E-state index in [1.54, 1.807) is 13.8 Å². The molecule has 0 spiro atoms. The van der Waals surface area contributed by atoms with Crippen LogP contribution in [0.25, 0.3) is 0 Å². The summed E-state index contributed by atoms with van der Waals surface area (Å²) in [7, 11) is 0. The molecule has 0 saturated heterocycles. The number of aromatic nitrogens is 1. The first-order valence-corrected chi connectivity index (χ1v) is 3.80. The van der Waals surface area contributed by atoms with Crippen molar-refractivity contribution in [2.75, 3.05) is 0 Å². The van der Waals surface area contributed by atoms with Gasteiger partial charge in [-0.15, -0.1) is 0 Å². The zero-order valence-corrected chi connectivity index (χ0v) is 11.6. The molecule has 1 heterocycles. The molecule has 0 radical (unpaired) electrons. The molecule has 70 valence electrons. The maximum Gasteiger partial charge on any atom is 1.00 e. The first-order chi connectivity index (χ1) is 5.91. The van der Waals surface area contributed by atoms with Gasteiger partial charge in [0.15, 0.2) is 0 Å². The Morgan fingerprint density at radius 3 is 2.50 bits per heavy atom. The number of carboxylic acids is 1. The minimum absolute atomic E-state index is 0. The molecule has 0 bridgehead atoms. The second-order valence-electron chi connectivity index (χ2n) is 3.31. The van der Waals surface area contributed by atoms with Gasteiger partial charge in [0, 0.05) is 23.5 Å². The number of pyridine rings is 1. The van der Waals surface area contributed by atoms with Gasteiger partial charge in [0.2, 0.25) is 0 Å². The van der Waals surface area contributed by atoms with Gasteiger partial charge in [0.1, 0.15) is 0 Å². The monoisotopic (exact) mass is 219 g/mol. The molecule has 0 fully saturated rings. The fraction of sp³-hybridized carbons (Fsp3) is 0.333. The Kier molecular flexibility index (Phi) is 5.42. The third-order valence-electron chi connectivity index (χ3n) is 1.68. The molecule has 0 aromatic carbocycles. The fourth-order valence-electron chi connectivity index (χ4n) is 0.886. The summed E-state index contributed by atoms with van der Waals surface area (Å²) in [6.45, 7) is 3.12. The van der Waals surface area contributed by atoms with Crippen molar-refractivity contribution in [2.24, 2.45) is 0 Å². The Morgan fingerprint density at radius 1 is 1.50 bits per heavy atom. The van der Waals surface area contributed by atoms with Crippen molar-refractivity contribution < 1.29 is 66.4 Å². The standard InChI is InChI=1S/C9H11NO3.K/c1-9(2,13)7-3-6(8(11)12)4-10-5-7;/h3-5,13H,1-2H3,(H,11,12);/q;+1/p-1. The third-order valence-corrected chi connectivity index (χ3v) is 1.68. The van der Waals surface area contributed by atoms with Gasteiger partial charge in [0.05, 0.1) is 11.6 Å². The topological polar surface area (TPSA) is 73.2 Å². The van der Waals surface area contributed by atoms with Gasteiger partial charge in [-0.3, -0.25) is 4.98 Å². The van der Waals surface area contributed by atoms with Crippen molar-refractivity contribution in [1.29, 1.82) is 0 Å². The van der Waals surface area contributed by atoms with E-state index in [2.05, 4.69) is 4.98 Å². The van der Waals surface area contributed by atoms with Crippen LogP contribution in [0.2, 0.25) is 0 Å². The number of carboxylic acid groups (broad SMARTS) is 1. The first kappa shape index (κ1) is 14.2. The average Bonchev–Trinajstić information content (AvgIpc) is 2.03. The number of aromatic carboxylic acids is 1. The van der Waals surface area contributed by atoms with Crippen LogP contribution < -0.4 is 56.5 Å². The summed E-state index contributed by atoms with van der Waals surface area (Å²) >= 11 is 0. The predicted octanol–water partition coefficient (Wildman–Crippen LogP) is -3.32. The second-order valence-corrected chi connectivity index (χ2v) is 3.31. The van der Waals surface area contributed by atoms with E-state index in [-0.39, 0.29) is 56.9 Å². The van der Waals surface area contributed by atoms with Gasteiger partial charge in [0.25, 0.3) is 0 Å². The van der Waals surface area contributed by atoms with Crippen LogP contribution in [-0.4, -0.2) is 16.1 Å². The molecule has 1 aromatic heterocycles. The normalized spacial score (nSPS) is 10.5. The summed E-state index contributed by atoms with van der Waals surface area (Å²) in [5.74, 6) is -1.29. The van der Waals surface area contributed by atoms with Gasteiger partial charge < -0.3 is 15.0 Å². The summed E-state index contributed by atoms with van der Waals surface area (Å²) in [6.07, 6.45) is 2.61. The van der Waals surface area contributed by atoms with Crippen LogP contribution in [0.1, 0.15) is 29.8 Å². The third kappa shape index (κ3) is 3.76. The van der Waals surface area contributed by atoms with Crippen LogP contribution in [0.15, 0.2) is 18.5 Å². The van der Waals surface area contributed by atoms with Crippen molar-refractivity contribution in [3.63, 3.8) is 0 Å². The molecule has 0 aliphatic carbocycles. The molecular formula is C9H10KNO3. The summed E-state index contributed by atoms with van der Waals surface area (Å²) < 4.78 is 0. The van der Waals surface area contributed by atoms with Crippen molar-refractivity contribution in [2.45, 2.75) is 19.4 Å². The number of rotatable bonds is 2. The van der Waals surface area contributed by atoms with E-state index in [0.29, 0.717) is 5.56 Å². The van der Waals surface area contributed by atoms with Gasteiger partial charge in [-0.25, -0.2) is 0 Å². The zero-order valence-electron chi connectivity index (χ0n) is 8.44. The Bertz CT molecular complexity index is 333. The minimum atomic E-state index is -1.29. The van der Waals surface area contributed by atoms with Gasteiger partial charge >= 0.3 is 51.4 Å². The van der Waals surface area contributed by atoms with Gasteiger partial charge in [-0.2, -0.15) is 0 Å². The molecule has 0 saturated carbocycles. The molecule has 0 unspecified atom stereocenters. The number of hydrogen-bond donors (Lipinski definition) is 1. The predicted molar refractivity (Wildman–Crippen MR) is 43.8 cm³/mol. The van der Waals surface area contributed by atoms with Crippen LogP contribution in [0.3, 0.4) is 0 Å². The molecule has 0 aliphatic heterocycles. The minimum Gasteiger partial charge on any atom is -0.545 e. The van der Waals surface area contributed by atoms with Crippen molar-refractivity contribution in [3.8, 4) is 0 Å². The van der Waals surface area contributed by atoms with E-state index in [1.807, 2.05) is 0 Å². The van der Waals surface area contributed by atoms with Crippen LogP contribution in [0, 0.1) is 0 Å². The quantitative estimate of drug-likeness (QED) is 0.528. The van der Waals surface area contributed by atoms with Crippen LogP contribution in [0.5, 0.6) is 0 Å². The first-order valence-electron chi connectivity index (χ1n) is 3.80. The SMILES string of the molecule is CC(C)(O)c1cncc(C(=O)[O-])c1.[K+]. The maximum atomic E-state index is 10.4. The smallest absolute Gasteiger partial charge is 0.545 e. The molecule has 0 atom stereocenters. The number of carbonyl (C=O) groups is 1. The van der Waals surface area contributed by atoms with Gasteiger partial charge in [-0.1, -0.05) is 0 Å². The number of hydrogen-bond acceptors (Lipinski definition) is 4. The van der Waals surface area contributed by atoms with E-state index in [0.717, 1.165) is 0 Å². The van der Waals surface area contributed by atoms with Crippen LogP contribution >= 0.6 is 0 Å². The van der Waals surface area contributed by atoms with E-state index in [1.165, 1.54) is 18.5 Å². The molecular weight excluding hydrogens is 209 g/mol. The largest absolute Gasteiger partial charge is 1.00 e. The van der Waals surface area contributed by atoms with Crippen molar-refractivity contribution in [1.82, 2.24) is 4.98 Å². The molecule has 4 nitrogen and oxygen atoms in total. The summed E-state index contributed by atoms with van der Waals surface area (Å²) in [4.78, 5) is 14.1. The molecule has 1 N–H and O–H groups in total. The van der Waals surface area contributed by atoms with Crippen LogP contribution in [-0.2, 0) is 5.60 Å². The summed E-state index contributed by atoms with van der Waals surface area (Å²) in [5.41, 5.74) is -0.660. The molecule has 14 heavy (non-hydrogen) atoms. The summed E-state index contributed by atoms with van der Waals surface area (Å²) in [6, 6.07) is 1.35. The Hall–Kier alpha value is 0.216. The summed E-state index contributed by atoms with van der Waals surface area (Å²) in [5, 5.41) is 20.0. The van der Waals surface area contributed by atoms with Crippen molar-refractivity contribution in [3.05, 3.63) is 29.6 Å². The number of carbonyl (C=O) groups excluding carboxylic acids is 1. The fourth-order valence-corrected chi connectivity index (χ4v) is 0.886. The van der Waals surface area contributed by atoms with Crippen LogP contribution in [0.4, 0.5) is 0 Å². The van der Waals surface area contributed by atoms with E-state index < -0.39 is 11.6 Å². The second kappa shape index (κ2) is 5.34. The maximum absolute atomic E-state index is 10.4. The molecule has 1 rings (SSSR count). The number of aliphatic hydroxyl groups is 1. The molecule has 5 heteroatoms. The number of nitrogens with zero attached hydrogens (tertiary/aromatic N) is 1. The Morgan fingerprint density at radius 2 is 2.07 bits per heavy atom. The molecule has 0 amide bonds. The van der Waals surface area contributed by atoms with Crippen molar-refractivity contribution >= 4 is 5.97 Å². The average molecular weight is 219 g/mol. The van der Waals surface area contributed by atoms with E-state index >= 15 is 0 Å². The van der Waals surface area contributed by atoms with Gasteiger partial charge in [-0.05, 0) is 19.9 Å². The Balaban J connectivity index is 0.00000169. The van der Waals surface area contributed by atoms with E-state index in [4.69, 9.17) is 0 Å². The molecule has 1 aromatic rings. The molecule has 0 aliphatic rings. The Labute approximate surface area is 125 Å². The zero-order chi connectivity index (χ0) is 10.1.